The first-order valence-corrected chi connectivity index (χ1v) is 10.2. The summed E-state index contributed by atoms with van der Waals surface area (Å²) in [5, 5.41) is 10.8. The lowest BCUT2D eigenvalue weighted by Gasteiger charge is -2.28. The maximum atomic E-state index is 13.5. The van der Waals surface area contributed by atoms with Crippen LogP contribution in [0.25, 0.3) is 0 Å². The first-order chi connectivity index (χ1) is 15.5. The Morgan fingerprint density at radius 3 is 2.09 bits per heavy atom. The highest BCUT2D eigenvalue weighted by Crippen LogP contribution is 2.47. The van der Waals surface area contributed by atoms with Gasteiger partial charge >= 0.3 is 5.97 Å². The van der Waals surface area contributed by atoms with Crippen LogP contribution in [0.1, 0.15) is 27.5 Å². The number of fused-ring (bicyclic) bond motifs is 1. The number of imide groups is 1. The second kappa shape index (κ2) is 7.62. The molecule has 3 aromatic rings. The summed E-state index contributed by atoms with van der Waals surface area (Å²) in [5.74, 6) is -2.63. The molecule has 0 aliphatic carbocycles. The second-order valence-electron chi connectivity index (χ2n) is 7.93. The SMILES string of the molecule is Cc1ccc(N2O[C@@H]3C(=O)N(c4ccc(C(=O)O)cc4)C(=O)[C@@H]3[C@@H]2c2ccccc2)cc1. The van der Waals surface area contributed by atoms with Crippen LogP contribution in [0.5, 0.6) is 0 Å². The van der Waals surface area contributed by atoms with Crippen molar-refractivity contribution >= 4 is 29.2 Å². The lowest BCUT2D eigenvalue weighted by Crippen LogP contribution is -2.37. The number of carboxylic acid groups (broad SMARTS) is 1. The van der Waals surface area contributed by atoms with Crippen molar-refractivity contribution in [1.29, 1.82) is 0 Å². The average molecular weight is 428 g/mol. The number of carbonyl (C=O) groups excluding carboxylic acids is 2. The number of aryl methyl sites for hydroxylation is 1. The average Bonchev–Trinajstić information content (AvgIpc) is 3.31. The van der Waals surface area contributed by atoms with Gasteiger partial charge in [0, 0.05) is 0 Å². The molecule has 2 saturated heterocycles. The van der Waals surface area contributed by atoms with Gasteiger partial charge in [0.25, 0.3) is 5.91 Å². The molecule has 1 N–H and O–H groups in total. The third kappa shape index (κ3) is 3.14. The molecule has 32 heavy (non-hydrogen) atoms. The Kier molecular flexibility index (Phi) is 4.75. The molecule has 2 heterocycles. The van der Waals surface area contributed by atoms with E-state index in [4.69, 9.17) is 9.94 Å². The Bertz CT molecular complexity index is 1190. The molecule has 0 radical (unpaired) electrons. The van der Waals surface area contributed by atoms with Crippen LogP contribution in [0.2, 0.25) is 0 Å². The maximum absolute atomic E-state index is 13.5. The van der Waals surface area contributed by atoms with Gasteiger partial charge in [0.2, 0.25) is 5.91 Å². The van der Waals surface area contributed by atoms with E-state index < -0.39 is 29.9 Å². The molecule has 0 spiro atoms. The van der Waals surface area contributed by atoms with Gasteiger partial charge in [-0.15, -0.1) is 0 Å². The van der Waals surface area contributed by atoms with Gasteiger partial charge in [0.15, 0.2) is 6.10 Å². The number of hydroxylamine groups is 1. The smallest absolute Gasteiger partial charge is 0.335 e. The molecule has 0 unspecified atom stereocenters. The van der Waals surface area contributed by atoms with Crippen molar-refractivity contribution in [1.82, 2.24) is 0 Å². The van der Waals surface area contributed by atoms with Gasteiger partial charge in [-0.3, -0.25) is 14.4 Å². The summed E-state index contributed by atoms with van der Waals surface area (Å²) in [7, 11) is 0. The summed E-state index contributed by atoms with van der Waals surface area (Å²) in [6.45, 7) is 1.98. The number of anilines is 2. The molecule has 2 aliphatic rings. The van der Waals surface area contributed by atoms with Crippen molar-refractivity contribution in [2.75, 3.05) is 9.96 Å². The van der Waals surface area contributed by atoms with Crippen LogP contribution in [-0.4, -0.2) is 29.0 Å². The van der Waals surface area contributed by atoms with Crippen LogP contribution in [-0.2, 0) is 14.4 Å². The molecule has 5 rings (SSSR count). The molecule has 0 saturated carbocycles. The van der Waals surface area contributed by atoms with Gasteiger partial charge in [-0.2, -0.15) is 0 Å². The van der Waals surface area contributed by atoms with Crippen molar-refractivity contribution in [3.63, 3.8) is 0 Å². The minimum atomic E-state index is -1.08. The summed E-state index contributed by atoms with van der Waals surface area (Å²) < 4.78 is 0. The van der Waals surface area contributed by atoms with E-state index in [0.717, 1.165) is 21.7 Å². The molecule has 7 heteroatoms. The van der Waals surface area contributed by atoms with Crippen LogP contribution >= 0.6 is 0 Å². The number of rotatable bonds is 4. The summed E-state index contributed by atoms with van der Waals surface area (Å²) in [4.78, 5) is 45.1. The Morgan fingerprint density at radius 1 is 0.844 bits per heavy atom. The first kappa shape index (κ1) is 20.0. The Morgan fingerprint density at radius 2 is 1.47 bits per heavy atom. The first-order valence-electron chi connectivity index (χ1n) is 10.2. The number of amides is 2. The van der Waals surface area contributed by atoms with E-state index in [1.807, 2.05) is 61.5 Å². The fraction of sp³-hybridized carbons (Fsp3) is 0.160. The van der Waals surface area contributed by atoms with Gasteiger partial charge in [0.1, 0.15) is 5.92 Å². The fourth-order valence-corrected chi connectivity index (χ4v) is 4.33. The van der Waals surface area contributed by atoms with Gasteiger partial charge in [-0.25, -0.2) is 14.8 Å². The Hall–Kier alpha value is -3.97. The summed E-state index contributed by atoms with van der Waals surface area (Å²) in [6, 6.07) is 22.4. The number of nitrogens with zero attached hydrogens (tertiary/aromatic N) is 2. The monoisotopic (exact) mass is 428 g/mol. The van der Waals surface area contributed by atoms with E-state index in [1.54, 1.807) is 5.06 Å². The van der Waals surface area contributed by atoms with Crippen molar-refractivity contribution in [2.24, 2.45) is 5.92 Å². The number of hydrogen-bond donors (Lipinski definition) is 1. The standard InChI is InChI=1S/C25H20N2O5/c1-15-7-11-19(12-8-15)27-21(16-5-3-2-4-6-16)20-22(32-27)24(29)26(23(20)28)18-13-9-17(10-14-18)25(30)31/h2-14,20-22H,1H3,(H,30,31)/t20-,21+,22+/m1/s1. The van der Waals surface area contributed by atoms with Gasteiger partial charge in [0.05, 0.1) is 23.0 Å². The molecule has 2 amide bonds. The largest absolute Gasteiger partial charge is 0.478 e. The van der Waals surface area contributed by atoms with Crippen LogP contribution in [0.3, 0.4) is 0 Å². The minimum absolute atomic E-state index is 0.0806. The number of carboxylic acids is 1. The number of aromatic carboxylic acids is 1. The molecule has 7 nitrogen and oxygen atoms in total. The Labute approximate surface area is 184 Å². The highest BCUT2D eigenvalue weighted by Gasteiger charge is 2.60. The molecule has 3 aromatic carbocycles. The number of hydrogen-bond acceptors (Lipinski definition) is 5. The van der Waals surface area contributed by atoms with Gasteiger partial charge < -0.3 is 5.11 Å². The predicted octanol–water partition coefficient (Wildman–Crippen LogP) is 3.74. The van der Waals surface area contributed by atoms with E-state index in [0.29, 0.717) is 5.69 Å². The predicted molar refractivity (Wildman–Crippen MR) is 117 cm³/mol. The van der Waals surface area contributed by atoms with Gasteiger partial charge in [-0.1, -0.05) is 48.0 Å². The van der Waals surface area contributed by atoms with Crippen molar-refractivity contribution in [2.45, 2.75) is 19.1 Å². The minimum Gasteiger partial charge on any atom is -0.478 e. The van der Waals surface area contributed by atoms with Crippen molar-refractivity contribution in [3.8, 4) is 0 Å². The molecule has 0 aromatic heterocycles. The highest BCUT2D eigenvalue weighted by molar-refractivity contribution is 6.24. The number of carbonyl (C=O) groups is 3. The summed E-state index contributed by atoms with van der Waals surface area (Å²) >= 11 is 0. The van der Waals surface area contributed by atoms with E-state index in [2.05, 4.69) is 0 Å². The lowest BCUT2D eigenvalue weighted by atomic mass is 9.90. The van der Waals surface area contributed by atoms with E-state index in [9.17, 15) is 14.4 Å². The molecule has 2 aliphatic heterocycles. The highest BCUT2D eigenvalue weighted by atomic mass is 16.7. The van der Waals surface area contributed by atoms with E-state index in [-0.39, 0.29) is 11.5 Å². The second-order valence-corrected chi connectivity index (χ2v) is 7.93. The molecular formula is C25H20N2O5. The molecule has 3 atom stereocenters. The summed E-state index contributed by atoms with van der Waals surface area (Å²) in [5.41, 5.74) is 3.13. The zero-order valence-electron chi connectivity index (χ0n) is 17.2. The van der Waals surface area contributed by atoms with Crippen molar-refractivity contribution < 1.29 is 24.3 Å². The van der Waals surface area contributed by atoms with Crippen LogP contribution in [0.15, 0.2) is 78.9 Å². The lowest BCUT2D eigenvalue weighted by molar-refractivity contribution is -0.126. The third-order valence-corrected chi connectivity index (χ3v) is 5.92. The van der Waals surface area contributed by atoms with E-state index >= 15 is 0 Å². The zero-order chi connectivity index (χ0) is 22.4. The Balaban J connectivity index is 1.54. The number of benzene rings is 3. The topological polar surface area (TPSA) is 87.2 Å². The third-order valence-electron chi connectivity index (χ3n) is 5.92. The molecule has 160 valence electrons. The maximum Gasteiger partial charge on any atom is 0.335 e. The van der Waals surface area contributed by atoms with Crippen LogP contribution < -0.4 is 9.96 Å². The normalized spacial score (nSPS) is 22.3. The fourth-order valence-electron chi connectivity index (χ4n) is 4.33. The van der Waals surface area contributed by atoms with Gasteiger partial charge in [-0.05, 0) is 48.9 Å². The van der Waals surface area contributed by atoms with Crippen LogP contribution in [0.4, 0.5) is 11.4 Å². The molecular weight excluding hydrogens is 408 g/mol. The van der Waals surface area contributed by atoms with Crippen LogP contribution in [0, 0.1) is 12.8 Å². The zero-order valence-corrected chi connectivity index (χ0v) is 17.2. The van der Waals surface area contributed by atoms with Crippen molar-refractivity contribution in [3.05, 3.63) is 95.6 Å². The molecule has 0 bridgehead atoms. The summed E-state index contributed by atoms with van der Waals surface area (Å²) in [6.07, 6.45) is -0.965. The van der Waals surface area contributed by atoms with E-state index in [1.165, 1.54) is 24.3 Å². The molecule has 2 fully saturated rings. The quantitative estimate of drug-likeness (QED) is 0.637.